The molecule has 0 bridgehead atoms. The van der Waals surface area contributed by atoms with E-state index in [1.807, 2.05) is 0 Å². The molecular weight excluding hydrogens is 366 g/mol. The molecule has 0 fully saturated rings. The van der Waals surface area contributed by atoms with E-state index in [1.54, 1.807) is 0 Å². The molecule has 2 N–H and O–H groups in total. The van der Waals surface area contributed by atoms with Crippen molar-refractivity contribution in [1.29, 1.82) is 0 Å². The maximum absolute atomic E-state index is 13.1. The van der Waals surface area contributed by atoms with Gasteiger partial charge in [0.2, 0.25) is 10.0 Å². The second-order valence-electron chi connectivity index (χ2n) is 6.50. The van der Waals surface area contributed by atoms with Crippen LogP contribution >= 0.6 is 12.6 Å². The molecule has 7 nitrogen and oxygen atoms in total. The number of aliphatic carboxylic acids is 1. The first-order valence-electron chi connectivity index (χ1n) is 7.59. The second-order valence-corrected chi connectivity index (χ2v) is 9.48. The van der Waals surface area contributed by atoms with Gasteiger partial charge in [-0.2, -0.15) is 16.9 Å². The molecule has 1 rings (SSSR count). The van der Waals surface area contributed by atoms with Crippen molar-refractivity contribution >= 4 is 28.6 Å². The van der Waals surface area contributed by atoms with Crippen molar-refractivity contribution in [1.82, 2.24) is 4.31 Å². The first-order chi connectivity index (χ1) is 11.3. The van der Waals surface area contributed by atoms with Gasteiger partial charge >= 0.3 is 5.97 Å². The van der Waals surface area contributed by atoms with Crippen LogP contribution in [0.2, 0.25) is 0 Å². The summed E-state index contributed by atoms with van der Waals surface area (Å²) in [6, 6.07) is 5.60. The molecule has 0 radical (unpaired) electrons. The molecule has 0 aliphatic heterocycles. The molecule has 1 unspecified atom stereocenters. The monoisotopic (exact) mass is 391 g/mol. The smallest absolute Gasteiger partial charge is 0.326 e. The minimum absolute atomic E-state index is 0.0981. The average molecular weight is 392 g/mol. The minimum atomic E-state index is -4.22. The van der Waals surface area contributed by atoms with Crippen LogP contribution in [0.5, 0.6) is 5.75 Å². The predicted molar refractivity (Wildman–Crippen MR) is 97.7 cm³/mol. The van der Waals surface area contributed by atoms with E-state index in [0.717, 1.165) is 4.31 Å². The number of hydrogen-bond donors (Lipinski definition) is 3. The largest absolute Gasteiger partial charge is 0.497 e. The van der Waals surface area contributed by atoms with Gasteiger partial charge in [-0.15, -0.1) is 0 Å². The molecular formula is C16H25NO6S2. The molecule has 25 heavy (non-hydrogen) atoms. The van der Waals surface area contributed by atoms with Crippen LogP contribution in [0.3, 0.4) is 0 Å². The number of thiol groups is 1. The highest BCUT2D eigenvalue weighted by molar-refractivity contribution is 7.89. The number of aliphatic hydroxyl groups is 1. The quantitative estimate of drug-likeness (QED) is 0.582. The summed E-state index contributed by atoms with van der Waals surface area (Å²) in [7, 11) is -2.77. The highest BCUT2D eigenvalue weighted by Gasteiger charge is 2.55. The van der Waals surface area contributed by atoms with Gasteiger partial charge in [0.15, 0.2) is 0 Å². The van der Waals surface area contributed by atoms with Gasteiger partial charge in [0.1, 0.15) is 11.3 Å². The highest BCUT2D eigenvalue weighted by atomic mass is 32.2. The minimum Gasteiger partial charge on any atom is -0.497 e. The summed E-state index contributed by atoms with van der Waals surface area (Å²) in [5.41, 5.74) is -1.90. The Morgan fingerprint density at radius 2 is 1.76 bits per heavy atom. The lowest BCUT2D eigenvalue weighted by molar-refractivity contribution is -0.149. The maximum atomic E-state index is 13.1. The van der Waals surface area contributed by atoms with Crippen molar-refractivity contribution in [2.24, 2.45) is 0 Å². The molecule has 1 aromatic carbocycles. The number of sulfonamides is 1. The van der Waals surface area contributed by atoms with Crippen molar-refractivity contribution in [3.63, 3.8) is 0 Å². The number of carbonyl (C=O) groups is 1. The standard InChI is InChI=1S/C16H25NO6S2/c1-11(18)10-17(16(4,14(19)20)15(2,3)24)25(21,22)13-8-6-12(23-5)7-9-13/h6-9,11,18,24H,10H2,1-5H3,(H,19,20)/t11?,16-/m0/s1. The average Bonchev–Trinajstić information content (AvgIpc) is 2.50. The van der Waals surface area contributed by atoms with Crippen molar-refractivity contribution in [3.8, 4) is 5.75 Å². The molecule has 0 spiro atoms. The first kappa shape index (κ1) is 21.8. The normalized spacial score (nSPS) is 16.3. The maximum Gasteiger partial charge on any atom is 0.326 e. The molecule has 0 saturated carbocycles. The first-order valence-corrected chi connectivity index (χ1v) is 9.48. The summed E-state index contributed by atoms with van der Waals surface area (Å²) in [6.07, 6.45) is -1.07. The number of carboxylic acids is 1. The topological polar surface area (TPSA) is 104 Å². The summed E-state index contributed by atoms with van der Waals surface area (Å²) in [5.74, 6) is -0.887. The zero-order valence-corrected chi connectivity index (χ0v) is 16.6. The third-order valence-electron chi connectivity index (χ3n) is 4.18. The van der Waals surface area contributed by atoms with E-state index in [4.69, 9.17) is 4.74 Å². The van der Waals surface area contributed by atoms with Crippen molar-refractivity contribution in [2.75, 3.05) is 13.7 Å². The second kappa shape index (κ2) is 7.53. The van der Waals surface area contributed by atoms with Gasteiger partial charge in [-0.05, 0) is 52.0 Å². The summed E-state index contributed by atoms with van der Waals surface area (Å²) in [4.78, 5) is 11.9. The van der Waals surface area contributed by atoms with Gasteiger partial charge in [0.25, 0.3) is 0 Å². The number of rotatable bonds is 8. The lowest BCUT2D eigenvalue weighted by Gasteiger charge is -2.45. The summed E-state index contributed by atoms with van der Waals surface area (Å²) in [6.45, 7) is 5.32. The number of methoxy groups -OCH3 is 1. The highest BCUT2D eigenvalue weighted by Crippen LogP contribution is 2.38. The van der Waals surface area contributed by atoms with Crippen LogP contribution in [-0.4, -0.2) is 58.9 Å². The fourth-order valence-corrected chi connectivity index (χ4v) is 4.53. The molecule has 142 valence electrons. The van der Waals surface area contributed by atoms with Crippen LogP contribution in [0, 0.1) is 0 Å². The van der Waals surface area contributed by atoms with Gasteiger partial charge < -0.3 is 14.9 Å². The Hall–Kier alpha value is -1.29. The molecule has 2 atom stereocenters. The number of ether oxygens (including phenoxy) is 1. The number of hydrogen-bond acceptors (Lipinski definition) is 6. The van der Waals surface area contributed by atoms with Crippen LogP contribution in [0.1, 0.15) is 27.7 Å². The van der Waals surface area contributed by atoms with Crippen LogP contribution in [0.4, 0.5) is 0 Å². The molecule has 0 saturated heterocycles. The molecule has 0 heterocycles. The van der Waals surface area contributed by atoms with E-state index in [9.17, 15) is 23.4 Å². The van der Waals surface area contributed by atoms with Crippen LogP contribution in [-0.2, 0) is 14.8 Å². The van der Waals surface area contributed by atoms with Gasteiger partial charge in [-0.3, -0.25) is 4.79 Å². The lowest BCUT2D eigenvalue weighted by atomic mass is 9.87. The number of aliphatic hydroxyl groups excluding tert-OH is 1. The summed E-state index contributed by atoms with van der Waals surface area (Å²) >= 11 is 4.32. The van der Waals surface area contributed by atoms with Gasteiger partial charge in [0, 0.05) is 11.3 Å². The van der Waals surface area contributed by atoms with E-state index in [1.165, 1.54) is 59.1 Å². The molecule has 0 amide bonds. The molecule has 0 aliphatic rings. The Morgan fingerprint density at radius 3 is 2.08 bits per heavy atom. The predicted octanol–water partition coefficient (Wildman–Crippen LogP) is 1.62. The van der Waals surface area contributed by atoms with Crippen molar-refractivity contribution in [3.05, 3.63) is 24.3 Å². The number of nitrogens with zero attached hydrogens (tertiary/aromatic N) is 1. The van der Waals surface area contributed by atoms with Crippen LogP contribution < -0.4 is 4.74 Å². The van der Waals surface area contributed by atoms with Crippen molar-refractivity contribution in [2.45, 2.75) is 49.0 Å². The fourth-order valence-electron chi connectivity index (χ4n) is 2.31. The van der Waals surface area contributed by atoms with E-state index in [2.05, 4.69) is 12.6 Å². The van der Waals surface area contributed by atoms with E-state index < -0.39 is 32.4 Å². The van der Waals surface area contributed by atoms with Gasteiger partial charge in [0.05, 0.1) is 18.1 Å². The Morgan fingerprint density at radius 1 is 1.28 bits per heavy atom. The lowest BCUT2D eigenvalue weighted by Crippen LogP contribution is -2.65. The fraction of sp³-hybridized carbons (Fsp3) is 0.562. The van der Waals surface area contributed by atoms with Crippen LogP contribution in [0.25, 0.3) is 0 Å². The zero-order valence-electron chi connectivity index (χ0n) is 14.9. The molecule has 0 aliphatic carbocycles. The number of β-amino-alcohol motifs (C(OH)–C–C–N with tert-alkyl or cyclic N) is 1. The van der Waals surface area contributed by atoms with Crippen LogP contribution in [0.15, 0.2) is 29.2 Å². The Balaban J connectivity index is 3.59. The number of carboxylic acid groups (broad SMARTS) is 1. The van der Waals surface area contributed by atoms with Gasteiger partial charge in [-0.25, -0.2) is 8.42 Å². The molecule has 0 aromatic heterocycles. The van der Waals surface area contributed by atoms with E-state index >= 15 is 0 Å². The Labute approximate surface area is 154 Å². The van der Waals surface area contributed by atoms with E-state index in [-0.39, 0.29) is 11.4 Å². The number of benzene rings is 1. The van der Waals surface area contributed by atoms with Crippen molar-refractivity contribution < 1.29 is 28.2 Å². The molecule has 1 aromatic rings. The van der Waals surface area contributed by atoms with Gasteiger partial charge in [-0.1, -0.05) is 0 Å². The SMILES string of the molecule is COc1ccc(S(=O)(=O)N(CC(C)O)[C@@](C)(C(=O)O)C(C)(C)S)cc1. The third-order valence-corrected chi connectivity index (χ3v) is 6.58. The third kappa shape index (κ3) is 4.28. The van der Waals surface area contributed by atoms with E-state index in [0.29, 0.717) is 5.75 Å². The molecule has 9 heteroatoms. The summed E-state index contributed by atoms with van der Waals surface area (Å²) < 4.78 is 30.9. The summed E-state index contributed by atoms with van der Waals surface area (Å²) in [5, 5.41) is 19.6. The zero-order chi connectivity index (χ0) is 19.6. The Kier molecular flexibility index (Phi) is 6.55. The Bertz CT molecular complexity index is 709.